The van der Waals surface area contributed by atoms with Gasteiger partial charge < -0.3 is 10.1 Å². The van der Waals surface area contributed by atoms with Gasteiger partial charge in [0.05, 0.1) is 10.6 Å². The Morgan fingerprint density at radius 3 is 2.36 bits per heavy atom. The highest BCUT2D eigenvalue weighted by molar-refractivity contribution is 7.91. The smallest absolute Gasteiger partial charge is 0.411 e. The lowest BCUT2D eigenvalue weighted by molar-refractivity contribution is -0.00812. The lowest BCUT2D eigenvalue weighted by Crippen LogP contribution is -2.67. The Bertz CT molecular complexity index is 1360. The van der Waals surface area contributed by atoms with Crippen LogP contribution in [-0.2, 0) is 14.6 Å². The third-order valence-electron chi connectivity index (χ3n) is 6.40. The van der Waals surface area contributed by atoms with E-state index in [0.717, 1.165) is 10.8 Å². The quantitative estimate of drug-likeness (QED) is 0.494. The minimum atomic E-state index is -3.70. The second-order valence-corrected chi connectivity index (χ2v) is 12.2. The molecule has 1 atom stereocenters. The minimum absolute atomic E-state index is 0.0709. The van der Waals surface area contributed by atoms with Crippen LogP contribution in [0.5, 0.6) is 0 Å². The molecule has 0 saturated carbocycles. The van der Waals surface area contributed by atoms with E-state index in [-0.39, 0.29) is 35.9 Å². The number of nitrogens with one attached hydrogen (secondary N) is 1. The van der Waals surface area contributed by atoms with Gasteiger partial charge in [0.1, 0.15) is 11.1 Å². The Morgan fingerprint density at radius 1 is 0.972 bits per heavy atom. The maximum Gasteiger partial charge on any atom is 0.411 e. The summed E-state index contributed by atoms with van der Waals surface area (Å²) in [7, 11) is -3.70. The Labute approximate surface area is 212 Å². The van der Waals surface area contributed by atoms with Gasteiger partial charge in [-0.05, 0) is 50.1 Å². The van der Waals surface area contributed by atoms with Crippen molar-refractivity contribution in [2.45, 2.75) is 43.2 Å². The summed E-state index contributed by atoms with van der Waals surface area (Å²) in [5.74, 6) is -0.602. The summed E-state index contributed by atoms with van der Waals surface area (Å²) in [6, 6.07) is 21.2. The molecule has 36 heavy (non-hydrogen) atoms. The summed E-state index contributed by atoms with van der Waals surface area (Å²) in [6.07, 6.45) is -0.701. The van der Waals surface area contributed by atoms with Crippen LogP contribution in [0.3, 0.4) is 0 Å². The molecule has 0 aliphatic carbocycles. The number of hydrogen-bond donors (Lipinski definition) is 1. The molecule has 0 spiro atoms. The average Bonchev–Trinajstić information content (AvgIpc) is 2.86. The fraction of sp³-hybridized carbons (Fsp3) is 0.357. The maximum atomic E-state index is 14.4. The molecule has 1 N–H and O–H groups in total. The van der Waals surface area contributed by atoms with E-state index in [1.165, 1.54) is 4.90 Å². The normalized spacial score (nSPS) is 18.7. The van der Waals surface area contributed by atoms with Crippen molar-refractivity contribution in [1.29, 1.82) is 0 Å². The number of ketones is 1. The van der Waals surface area contributed by atoms with Crippen LogP contribution in [-0.4, -0.2) is 61.7 Å². The molecule has 0 aromatic heterocycles. The average molecular weight is 509 g/mol. The summed E-state index contributed by atoms with van der Waals surface area (Å²) in [5.41, 5.74) is -1.76. The predicted molar refractivity (Wildman–Crippen MR) is 140 cm³/mol. The zero-order valence-electron chi connectivity index (χ0n) is 20.9. The van der Waals surface area contributed by atoms with Gasteiger partial charge >= 0.3 is 6.09 Å². The molecule has 1 amide bonds. The molecule has 1 fully saturated rings. The van der Waals surface area contributed by atoms with Gasteiger partial charge in [-0.15, -0.1) is 0 Å². The van der Waals surface area contributed by atoms with Crippen LogP contribution >= 0.6 is 0 Å². The fourth-order valence-electron chi connectivity index (χ4n) is 4.64. The predicted octanol–water partition coefficient (Wildman–Crippen LogP) is 4.47. The second-order valence-electron chi connectivity index (χ2n) is 10.1. The van der Waals surface area contributed by atoms with E-state index >= 15 is 0 Å². The van der Waals surface area contributed by atoms with Crippen LogP contribution < -0.4 is 5.32 Å². The van der Waals surface area contributed by atoms with E-state index in [4.69, 9.17) is 4.74 Å². The number of amides is 1. The van der Waals surface area contributed by atoms with Crippen LogP contribution in [0.2, 0.25) is 0 Å². The highest BCUT2D eigenvalue weighted by Gasteiger charge is 2.50. The lowest BCUT2D eigenvalue weighted by atomic mass is 9.82. The molecule has 4 rings (SSSR count). The van der Waals surface area contributed by atoms with Crippen LogP contribution in [0.15, 0.2) is 77.7 Å². The van der Waals surface area contributed by atoms with E-state index in [2.05, 4.69) is 5.32 Å². The van der Waals surface area contributed by atoms with Gasteiger partial charge in [-0.3, -0.25) is 9.69 Å². The Balaban J connectivity index is 1.80. The van der Waals surface area contributed by atoms with Crippen LogP contribution in [0.4, 0.5) is 4.79 Å². The molecule has 0 bridgehead atoms. The van der Waals surface area contributed by atoms with E-state index in [1.54, 1.807) is 63.2 Å². The summed E-state index contributed by atoms with van der Waals surface area (Å²) < 4.78 is 32.1. The molecule has 1 saturated heterocycles. The van der Waals surface area contributed by atoms with Crippen molar-refractivity contribution in [3.05, 3.63) is 78.4 Å². The first-order valence-corrected chi connectivity index (χ1v) is 13.7. The molecule has 3 aromatic rings. The largest absolute Gasteiger partial charge is 0.444 e. The van der Waals surface area contributed by atoms with Gasteiger partial charge in [0.15, 0.2) is 15.6 Å². The lowest BCUT2D eigenvalue weighted by Gasteiger charge is -2.46. The van der Waals surface area contributed by atoms with Crippen LogP contribution in [0.1, 0.15) is 37.6 Å². The second kappa shape index (κ2) is 10.0. The molecule has 190 valence electrons. The van der Waals surface area contributed by atoms with E-state index in [9.17, 15) is 18.0 Å². The van der Waals surface area contributed by atoms with Crippen molar-refractivity contribution in [3.8, 4) is 0 Å². The van der Waals surface area contributed by atoms with E-state index < -0.39 is 27.1 Å². The van der Waals surface area contributed by atoms with Gasteiger partial charge in [0, 0.05) is 25.2 Å². The van der Waals surface area contributed by atoms with Crippen LogP contribution in [0.25, 0.3) is 10.8 Å². The Morgan fingerprint density at radius 2 is 1.64 bits per heavy atom. The molecule has 8 heteroatoms. The van der Waals surface area contributed by atoms with Gasteiger partial charge in [-0.25, -0.2) is 13.2 Å². The zero-order valence-corrected chi connectivity index (χ0v) is 21.7. The molecular formula is C28H32N2O5S. The van der Waals surface area contributed by atoms with Crippen molar-refractivity contribution in [1.82, 2.24) is 10.2 Å². The van der Waals surface area contributed by atoms with E-state index in [0.29, 0.717) is 12.1 Å². The van der Waals surface area contributed by atoms with Gasteiger partial charge in [0.2, 0.25) is 0 Å². The molecular weight excluding hydrogens is 476 g/mol. The Kier molecular flexibility index (Phi) is 7.20. The minimum Gasteiger partial charge on any atom is -0.444 e. The number of carbonyl (C=O) groups excluding carboxylic acids is 2. The SMILES string of the molecule is CC(C)(C)OC(=O)N1CCNC[C@@]1(CCS(=O)(=O)c1ccccc1)C(=O)c1cccc2ccccc12. The number of Topliss-reactive ketones (excluding diaryl/α,β-unsaturated/α-hetero) is 1. The van der Waals surface area contributed by atoms with Crippen molar-refractivity contribution in [2.75, 3.05) is 25.4 Å². The van der Waals surface area contributed by atoms with Gasteiger partial charge in [-0.2, -0.15) is 0 Å². The summed E-state index contributed by atoms with van der Waals surface area (Å²) in [5, 5.41) is 4.88. The number of benzene rings is 3. The first kappa shape index (κ1) is 25.9. The first-order valence-electron chi connectivity index (χ1n) is 12.1. The summed E-state index contributed by atoms with van der Waals surface area (Å²) >= 11 is 0. The van der Waals surface area contributed by atoms with Crippen molar-refractivity contribution in [2.24, 2.45) is 0 Å². The van der Waals surface area contributed by atoms with Gasteiger partial charge in [-0.1, -0.05) is 60.7 Å². The van der Waals surface area contributed by atoms with Crippen molar-refractivity contribution < 1.29 is 22.7 Å². The number of carbonyl (C=O) groups is 2. The molecule has 1 aliphatic rings. The number of piperazine rings is 1. The molecule has 0 unspecified atom stereocenters. The number of hydrogen-bond acceptors (Lipinski definition) is 6. The first-order chi connectivity index (χ1) is 17.0. The van der Waals surface area contributed by atoms with Crippen molar-refractivity contribution >= 4 is 32.5 Å². The molecule has 1 heterocycles. The number of sulfone groups is 1. The molecule has 1 aliphatic heterocycles. The molecule has 7 nitrogen and oxygen atoms in total. The third-order valence-corrected chi connectivity index (χ3v) is 8.14. The van der Waals surface area contributed by atoms with Crippen molar-refractivity contribution in [3.63, 3.8) is 0 Å². The number of rotatable bonds is 6. The Hall–Kier alpha value is -3.23. The monoisotopic (exact) mass is 508 g/mol. The maximum absolute atomic E-state index is 14.4. The molecule has 0 radical (unpaired) electrons. The highest BCUT2D eigenvalue weighted by atomic mass is 32.2. The highest BCUT2D eigenvalue weighted by Crippen LogP contribution is 2.33. The fourth-order valence-corrected chi connectivity index (χ4v) is 6.06. The zero-order chi connectivity index (χ0) is 26.0. The summed E-state index contributed by atoms with van der Waals surface area (Å²) in [6.45, 7) is 6.11. The number of fused-ring (bicyclic) bond motifs is 1. The standard InChI is InChI=1S/C28H32N2O5S/c1-27(2,3)35-26(32)30-18-17-29-20-28(30,16-19-36(33,34)22-12-5-4-6-13-22)25(31)24-15-9-11-21-10-7-8-14-23(21)24/h4-15,29H,16-20H2,1-3H3/t28-/m0/s1. The summed E-state index contributed by atoms with van der Waals surface area (Å²) in [4.78, 5) is 29.4. The third kappa shape index (κ3) is 5.29. The van der Waals surface area contributed by atoms with Crippen LogP contribution in [0, 0.1) is 0 Å². The number of nitrogens with zero attached hydrogens (tertiary/aromatic N) is 1. The van der Waals surface area contributed by atoms with Gasteiger partial charge in [0.25, 0.3) is 0 Å². The topological polar surface area (TPSA) is 92.8 Å². The molecule has 3 aromatic carbocycles. The number of ether oxygens (including phenoxy) is 1. The van der Waals surface area contributed by atoms with E-state index in [1.807, 2.05) is 30.3 Å².